The molecule has 2 atom stereocenters. The number of hydrogen-bond donors (Lipinski definition) is 1. The fourth-order valence-electron chi connectivity index (χ4n) is 1.96. The van der Waals surface area contributed by atoms with E-state index >= 15 is 0 Å². The number of nitrogens with one attached hydrogen (secondary N) is 1. The first-order valence-electron chi connectivity index (χ1n) is 5.48. The minimum atomic E-state index is 0.191. The predicted octanol–water partition coefficient (Wildman–Crippen LogP) is 3.34. The van der Waals surface area contributed by atoms with Gasteiger partial charge in [0.1, 0.15) is 0 Å². The van der Waals surface area contributed by atoms with Crippen molar-refractivity contribution >= 4 is 27.5 Å². The largest absolute Gasteiger partial charge is 0.308 e. The summed E-state index contributed by atoms with van der Waals surface area (Å²) in [5.41, 5.74) is 1.26. The average molecular weight is 304 g/mol. The Labute approximate surface area is 110 Å². The average Bonchev–Trinajstić information content (AvgIpc) is 2.26. The lowest BCUT2D eigenvalue weighted by atomic mass is 9.67. The zero-order valence-electron chi connectivity index (χ0n) is 9.50. The Morgan fingerprint density at radius 2 is 2.31 bits per heavy atom. The van der Waals surface area contributed by atoms with Crippen molar-refractivity contribution in [2.45, 2.75) is 38.2 Å². The summed E-state index contributed by atoms with van der Waals surface area (Å²) in [5, 5.41) is 3.81. The molecule has 1 saturated carbocycles. The quantitative estimate of drug-likeness (QED) is 0.866. The van der Waals surface area contributed by atoms with Crippen LogP contribution in [0.3, 0.4) is 0 Å². The van der Waals surface area contributed by atoms with Gasteiger partial charge in [-0.1, -0.05) is 13.8 Å². The highest BCUT2D eigenvalue weighted by Crippen LogP contribution is 2.44. The molecule has 1 aromatic rings. The maximum Gasteiger partial charge on any atom is 0.0542 e. The maximum atomic E-state index is 6.18. The number of alkyl halides is 1. The minimum absolute atomic E-state index is 0.191. The van der Waals surface area contributed by atoms with Crippen molar-refractivity contribution < 1.29 is 0 Å². The van der Waals surface area contributed by atoms with E-state index in [-0.39, 0.29) is 5.41 Å². The molecule has 2 rings (SSSR count). The Morgan fingerprint density at radius 3 is 2.81 bits per heavy atom. The summed E-state index contributed by atoms with van der Waals surface area (Å²) in [6, 6.07) is 4.54. The zero-order chi connectivity index (χ0) is 11.8. The van der Waals surface area contributed by atoms with Crippen molar-refractivity contribution in [3.8, 4) is 0 Å². The van der Waals surface area contributed by atoms with Crippen LogP contribution in [0, 0.1) is 5.41 Å². The van der Waals surface area contributed by atoms with Crippen LogP contribution < -0.4 is 5.32 Å². The van der Waals surface area contributed by atoms with Gasteiger partial charge in [-0.05, 0) is 39.9 Å². The molecule has 1 aliphatic rings. The van der Waals surface area contributed by atoms with E-state index < -0.39 is 0 Å². The topological polar surface area (TPSA) is 24.9 Å². The molecular weight excluding hydrogens is 288 g/mol. The van der Waals surface area contributed by atoms with Crippen molar-refractivity contribution in [2.24, 2.45) is 5.41 Å². The minimum Gasteiger partial charge on any atom is -0.308 e. The van der Waals surface area contributed by atoms with E-state index in [2.05, 4.69) is 40.1 Å². The summed E-state index contributed by atoms with van der Waals surface area (Å²) in [7, 11) is 0. The lowest BCUT2D eigenvalue weighted by molar-refractivity contribution is 0.115. The van der Waals surface area contributed by atoms with Crippen LogP contribution in [0.25, 0.3) is 0 Å². The number of pyridine rings is 1. The van der Waals surface area contributed by atoms with E-state index in [4.69, 9.17) is 11.6 Å². The van der Waals surface area contributed by atoms with Crippen molar-refractivity contribution in [1.82, 2.24) is 10.3 Å². The molecule has 1 fully saturated rings. The van der Waals surface area contributed by atoms with Gasteiger partial charge in [-0.15, -0.1) is 11.6 Å². The molecule has 1 heterocycles. The Bertz CT molecular complexity index is 364. The summed E-state index contributed by atoms with van der Waals surface area (Å²) in [4.78, 5) is 4.33. The van der Waals surface area contributed by atoms with E-state index in [1.54, 1.807) is 0 Å². The van der Waals surface area contributed by atoms with Crippen molar-refractivity contribution in [2.75, 3.05) is 0 Å². The number of rotatable bonds is 3. The van der Waals surface area contributed by atoms with Gasteiger partial charge in [0.2, 0.25) is 0 Å². The summed E-state index contributed by atoms with van der Waals surface area (Å²) >= 11 is 9.55. The predicted molar refractivity (Wildman–Crippen MR) is 70.6 cm³/mol. The standard InChI is InChI=1S/C12H16BrClN2/c1-12(2)10(14)5-11(12)16-7-9-4-3-8(13)6-15-9/h3-4,6,10-11,16H,5,7H2,1-2H3. The molecule has 0 bridgehead atoms. The van der Waals surface area contributed by atoms with Gasteiger partial charge in [-0.2, -0.15) is 0 Å². The van der Waals surface area contributed by atoms with E-state index in [0.29, 0.717) is 11.4 Å². The van der Waals surface area contributed by atoms with Crippen LogP contribution in [-0.4, -0.2) is 16.4 Å². The number of hydrogen-bond acceptors (Lipinski definition) is 2. The normalized spacial score (nSPS) is 27.5. The Hall–Kier alpha value is -0.120. The number of nitrogens with zero attached hydrogens (tertiary/aromatic N) is 1. The zero-order valence-corrected chi connectivity index (χ0v) is 11.8. The highest BCUT2D eigenvalue weighted by molar-refractivity contribution is 9.10. The molecule has 4 heteroatoms. The molecule has 0 amide bonds. The molecule has 0 saturated heterocycles. The second kappa shape index (κ2) is 4.63. The molecule has 0 aromatic carbocycles. The van der Waals surface area contributed by atoms with Crippen LogP contribution in [0.4, 0.5) is 0 Å². The SMILES string of the molecule is CC1(C)C(Cl)CC1NCc1ccc(Br)cn1. The third kappa shape index (κ3) is 2.41. The van der Waals surface area contributed by atoms with Crippen molar-refractivity contribution in [3.05, 3.63) is 28.5 Å². The van der Waals surface area contributed by atoms with Crippen molar-refractivity contribution in [3.63, 3.8) is 0 Å². The Kier molecular flexibility index (Phi) is 3.57. The molecule has 16 heavy (non-hydrogen) atoms. The van der Waals surface area contributed by atoms with Crippen molar-refractivity contribution in [1.29, 1.82) is 0 Å². The van der Waals surface area contributed by atoms with Gasteiger partial charge >= 0.3 is 0 Å². The third-order valence-corrected chi connectivity index (χ3v) is 4.68. The molecule has 1 aromatic heterocycles. The second-order valence-corrected chi connectivity index (χ2v) is 6.37. The van der Waals surface area contributed by atoms with E-state index in [1.165, 1.54) is 0 Å². The monoisotopic (exact) mass is 302 g/mol. The van der Waals surface area contributed by atoms with Crippen LogP contribution in [0.15, 0.2) is 22.8 Å². The molecule has 0 spiro atoms. The molecule has 0 radical (unpaired) electrons. The maximum absolute atomic E-state index is 6.18. The smallest absolute Gasteiger partial charge is 0.0542 e. The lowest BCUT2D eigenvalue weighted by Crippen LogP contribution is -2.57. The summed E-state index contributed by atoms with van der Waals surface area (Å²) in [6.45, 7) is 5.23. The second-order valence-electron chi connectivity index (χ2n) is 4.93. The molecule has 2 unspecified atom stereocenters. The van der Waals surface area contributed by atoms with Gasteiger partial charge in [0, 0.05) is 28.6 Å². The van der Waals surface area contributed by atoms with Crippen LogP contribution in [-0.2, 0) is 6.54 Å². The molecular formula is C12H16BrClN2. The number of aromatic nitrogens is 1. The van der Waals surface area contributed by atoms with Gasteiger partial charge in [0.25, 0.3) is 0 Å². The van der Waals surface area contributed by atoms with Gasteiger partial charge in [0.05, 0.1) is 5.69 Å². The molecule has 2 nitrogen and oxygen atoms in total. The van der Waals surface area contributed by atoms with Gasteiger partial charge < -0.3 is 5.32 Å². The van der Waals surface area contributed by atoms with E-state index in [1.807, 2.05) is 18.3 Å². The molecule has 1 N–H and O–H groups in total. The highest BCUT2D eigenvalue weighted by Gasteiger charge is 2.46. The first-order chi connectivity index (χ1) is 7.50. The summed E-state index contributed by atoms with van der Waals surface area (Å²) in [5.74, 6) is 0. The molecule has 88 valence electrons. The first kappa shape index (κ1) is 12.3. The highest BCUT2D eigenvalue weighted by atomic mass is 79.9. The van der Waals surface area contributed by atoms with Gasteiger partial charge in [0.15, 0.2) is 0 Å². The first-order valence-corrected chi connectivity index (χ1v) is 6.71. The molecule has 1 aliphatic carbocycles. The van der Waals surface area contributed by atoms with E-state index in [9.17, 15) is 0 Å². The Balaban J connectivity index is 1.87. The fourth-order valence-corrected chi connectivity index (χ4v) is 2.52. The summed E-state index contributed by atoms with van der Waals surface area (Å²) < 4.78 is 1.01. The van der Waals surface area contributed by atoms with Crippen LogP contribution in [0.5, 0.6) is 0 Å². The van der Waals surface area contributed by atoms with Crippen LogP contribution in [0.2, 0.25) is 0 Å². The lowest BCUT2D eigenvalue weighted by Gasteiger charge is -2.49. The van der Waals surface area contributed by atoms with Crippen LogP contribution >= 0.6 is 27.5 Å². The van der Waals surface area contributed by atoms with Gasteiger partial charge in [-0.25, -0.2) is 0 Å². The third-order valence-electron chi connectivity index (χ3n) is 3.47. The molecule has 0 aliphatic heterocycles. The van der Waals surface area contributed by atoms with E-state index in [0.717, 1.165) is 23.1 Å². The summed E-state index contributed by atoms with van der Waals surface area (Å²) in [6.07, 6.45) is 2.87. The van der Waals surface area contributed by atoms with Crippen LogP contribution in [0.1, 0.15) is 26.0 Å². The fraction of sp³-hybridized carbons (Fsp3) is 0.583. The van der Waals surface area contributed by atoms with Gasteiger partial charge in [-0.3, -0.25) is 4.98 Å². The Morgan fingerprint density at radius 1 is 1.56 bits per heavy atom. The number of halogens is 2.